The van der Waals surface area contributed by atoms with Gasteiger partial charge in [-0.25, -0.2) is 19.3 Å². The van der Waals surface area contributed by atoms with Crippen LogP contribution in [0.1, 0.15) is 44.5 Å². The lowest BCUT2D eigenvalue weighted by Gasteiger charge is -2.28. The molecule has 10 rings (SSSR count). The van der Waals surface area contributed by atoms with Crippen molar-refractivity contribution in [3.05, 3.63) is 155 Å². The Labute approximate surface area is 405 Å². The van der Waals surface area contributed by atoms with Gasteiger partial charge in [-0.05, 0) is 140 Å². The zero-order valence-electron chi connectivity index (χ0n) is 39.6. The Kier molecular flexibility index (Phi) is 14.4. The maximum Gasteiger partial charge on any atom is 0.246 e. The fourth-order valence-electron chi connectivity index (χ4n) is 8.41. The van der Waals surface area contributed by atoms with Crippen molar-refractivity contribution < 1.29 is 9.59 Å². The average Bonchev–Trinajstić information content (AvgIpc) is 3.83. The van der Waals surface area contributed by atoms with Crippen LogP contribution >= 0.6 is 11.6 Å². The molecule has 0 aliphatic carbocycles. The standard InChI is InChI=1S/C26H27N7O.C23H25N7.C3H3ClO/c1-5-22(34)33-12-11-18-9-10-20(13-19(18)15-33)28-26-27-14-21-24(31-32(4)25(21)30-26)29-23-16(2)7-6-8-17(23)3;1-14-5-4-6-15(2)20(14)27-21-19-13-25-23(28-22(19)30(3)29-21)26-18-8-7-16-9-10-24-12-17(16)11-18;1-2-3(4)5/h5-10,13-14H,1,11-12,15H2,2-4H3,(H,29,31)(H,27,28,30);4-8,11,13,24H,9-10,12H2,1-3H3,(H,27,29)(H,25,26,28);2H,1H2. The summed E-state index contributed by atoms with van der Waals surface area (Å²) in [6.45, 7) is 18.2. The van der Waals surface area contributed by atoms with E-state index in [0.29, 0.717) is 25.0 Å². The van der Waals surface area contributed by atoms with Gasteiger partial charge in [0.25, 0.3) is 0 Å². The van der Waals surface area contributed by atoms with Gasteiger partial charge < -0.3 is 31.5 Å². The minimum absolute atomic E-state index is 0.0423. The number of nitrogens with one attached hydrogen (secondary N) is 5. The maximum atomic E-state index is 12.0. The zero-order chi connectivity index (χ0) is 48.8. The van der Waals surface area contributed by atoms with Crippen molar-refractivity contribution in [2.45, 2.75) is 53.6 Å². The molecule has 4 aromatic heterocycles. The van der Waals surface area contributed by atoms with E-state index in [1.165, 1.54) is 33.9 Å². The fourth-order valence-corrected chi connectivity index (χ4v) is 8.41. The first-order valence-corrected chi connectivity index (χ1v) is 22.9. The molecule has 2 aliphatic heterocycles. The van der Waals surface area contributed by atoms with Crippen molar-refractivity contribution in [1.82, 2.24) is 49.7 Å². The first kappa shape index (κ1) is 47.5. The highest BCUT2D eigenvalue weighted by Gasteiger charge is 2.20. The van der Waals surface area contributed by atoms with Gasteiger partial charge in [-0.15, -0.1) is 0 Å². The van der Waals surface area contributed by atoms with Gasteiger partial charge in [-0.1, -0.05) is 61.7 Å². The lowest BCUT2D eigenvalue weighted by molar-refractivity contribution is -0.126. The Balaban J connectivity index is 0.000000171. The monoisotopic (exact) mass is 942 g/mol. The van der Waals surface area contributed by atoms with E-state index < -0.39 is 5.24 Å². The van der Waals surface area contributed by atoms with E-state index in [9.17, 15) is 9.59 Å². The largest absolute Gasteiger partial charge is 0.338 e. The van der Waals surface area contributed by atoms with Gasteiger partial charge in [0.2, 0.25) is 23.0 Å². The smallest absolute Gasteiger partial charge is 0.246 e. The van der Waals surface area contributed by atoms with Crippen LogP contribution < -0.4 is 26.6 Å². The van der Waals surface area contributed by atoms with Crippen molar-refractivity contribution in [2.75, 3.05) is 34.4 Å². The van der Waals surface area contributed by atoms with Crippen LogP contribution in [-0.2, 0) is 49.6 Å². The van der Waals surface area contributed by atoms with Gasteiger partial charge in [0.05, 0.1) is 10.8 Å². The highest BCUT2D eigenvalue weighted by molar-refractivity contribution is 6.66. The number of aryl methyl sites for hydroxylation is 6. The quantitative estimate of drug-likeness (QED) is 0.0646. The first-order valence-electron chi connectivity index (χ1n) is 22.6. The lowest BCUT2D eigenvalue weighted by atomic mass is 9.99. The number of amides is 1. The summed E-state index contributed by atoms with van der Waals surface area (Å²) in [7, 11) is 3.78. The number of benzene rings is 4. The molecule has 0 fully saturated rings. The second kappa shape index (κ2) is 20.9. The van der Waals surface area contributed by atoms with Crippen LogP contribution in [0.4, 0.5) is 46.3 Å². The summed E-state index contributed by atoms with van der Waals surface area (Å²) < 4.78 is 3.54. The van der Waals surface area contributed by atoms with E-state index >= 15 is 0 Å². The molecule has 2 aliphatic rings. The van der Waals surface area contributed by atoms with Crippen molar-refractivity contribution in [3.63, 3.8) is 0 Å². The highest BCUT2D eigenvalue weighted by atomic mass is 35.5. The molecule has 16 nitrogen and oxygen atoms in total. The number of anilines is 8. The van der Waals surface area contributed by atoms with Gasteiger partial charge in [0.1, 0.15) is 0 Å². The van der Waals surface area contributed by atoms with Crippen LogP contribution in [0.2, 0.25) is 0 Å². The molecule has 0 radical (unpaired) electrons. The number of carbonyl (C=O) groups excluding carboxylic acids is 2. The summed E-state index contributed by atoms with van der Waals surface area (Å²) in [5.41, 5.74) is 15.3. The van der Waals surface area contributed by atoms with E-state index in [1.54, 1.807) is 15.6 Å². The molecule has 0 spiro atoms. The van der Waals surface area contributed by atoms with Crippen LogP contribution in [-0.4, -0.2) is 68.6 Å². The van der Waals surface area contributed by atoms with Crippen molar-refractivity contribution >= 4 is 91.1 Å². The van der Waals surface area contributed by atoms with E-state index in [1.807, 2.05) is 37.3 Å². The third-order valence-corrected chi connectivity index (χ3v) is 12.2. The van der Waals surface area contributed by atoms with Gasteiger partial charge in [0, 0.05) is 68.9 Å². The first-order chi connectivity index (χ1) is 33.3. The average molecular weight is 944 g/mol. The Morgan fingerprint density at radius 1 is 0.652 bits per heavy atom. The van der Waals surface area contributed by atoms with Crippen molar-refractivity contribution in [3.8, 4) is 0 Å². The molecule has 8 aromatic rings. The zero-order valence-corrected chi connectivity index (χ0v) is 40.4. The molecule has 69 heavy (non-hydrogen) atoms. The van der Waals surface area contributed by atoms with Crippen molar-refractivity contribution in [2.24, 2.45) is 14.1 Å². The molecule has 1 amide bonds. The summed E-state index contributed by atoms with van der Waals surface area (Å²) >= 11 is 4.71. The van der Waals surface area contributed by atoms with E-state index in [2.05, 4.69) is 148 Å². The number of allylic oxidation sites excluding steroid dienone is 1. The second-order valence-electron chi connectivity index (χ2n) is 17.0. The number of nitrogens with zero attached hydrogens (tertiary/aromatic N) is 9. The maximum absolute atomic E-state index is 12.0. The summed E-state index contributed by atoms with van der Waals surface area (Å²) in [6.07, 6.45) is 7.94. The Bertz CT molecular complexity index is 3210. The van der Waals surface area contributed by atoms with Gasteiger partial charge >= 0.3 is 0 Å². The second-order valence-corrected chi connectivity index (χ2v) is 17.3. The van der Waals surface area contributed by atoms with E-state index in [4.69, 9.17) is 21.6 Å². The van der Waals surface area contributed by atoms with Crippen LogP contribution in [0.25, 0.3) is 22.1 Å². The molecule has 0 unspecified atom stereocenters. The predicted octanol–water partition coefficient (Wildman–Crippen LogP) is 9.59. The molecule has 0 saturated carbocycles. The number of para-hydroxylation sites is 2. The summed E-state index contributed by atoms with van der Waals surface area (Å²) in [4.78, 5) is 41.8. The Hall–Kier alpha value is -7.95. The number of halogens is 1. The third-order valence-electron chi connectivity index (χ3n) is 12.1. The Morgan fingerprint density at radius 2 is 1.13 bits per heavy atom. The predicted molar refractivity (Wildman–Crippen MR) is 276 cm³/mol. The molecular weight excluding hydrogens is 888 g/mol. The Morgan fingerprint density at radius 3 is 1.61 bits per heavy atom. The summed E-state index contributed by atoms with van der Waals surface area (Å²) in [5.74, 6) is 2.49. The molecule has 352 valence electrons. The molecule has 17 heteroatoms. The van der Waals surface area contributed by atoms with E-state index in [0.717, 1.165) is 105 Å². The minimum Gasteiger partial charge on any atom is -0.338 e. The van der Waals surface area contributed by atoms with Crippen LogP contribution in [0.3, 0.4) is 0 Å². The van der Waals surface area contributed by atoms with Gasteiger partial charge in [-0.3, -0.25) is 9.59 Å². The van der Waals surface area contributed by atoms with Crippen molar-refractivity contribution in [1.29, 1.82) is 0 Å². The number of fused-ring (bicyclic) bond motifs is 4. The van der Waals surface area contributed by atoms with Crippen LogP contribution in [0, 0.1) is 27.7 Å². The number of hydrogen-bond donors (Lipinski definition) is 5. The van der Waals surface area contributed by atoms with Gasteiger partial charge in [0.15, 0.2) is 22.9 Å². The molecule has 6 heterocycles. The van der Waals surface area contributed by atoms with Crippen LogP contribution in [0.15, 0.2) is 111 Å². The number of aromatic nitrogens is 8. The molecular formula is C52H55ClN14O2. The number of hydrogen-bond acceptors (Lipinski definition) is 13. The number of rotatable bonds is 10. The van der Waals surface area contributed by atoms with Gasteiger partial charge in [-0.2, -0.15) is 20.2 Å². The summed E-state index contributed by atoms with van der Waals surface area (Å²) in [5, 5.41) is 27.5. The molecule has 0 bridgehead atoms. The lowest BCUT2D eigenvalue weighted by Crippen LogP contribution is -2.34. The molecule has 0 atom stereocenters. The molecule has 5 N–H and O–H groups in total. The minimum atomic E-state index is -0.509. The molecule has 0 saturated heterocycles. The topological polar surface area (TPSA) is 185 Å². The SMILES string of the molecule is C=CC(=O)Cl.C=CC(=O)N1CCc2ccc(Nc3ncc4c(Nc5c(C)cccc5C)nn(C)c4n3)cc2C1.Cc1cccc(C)c1Nc1nn(C)c2nc(Nc3ccc4c(c3)CNCC4)ncc12. The number of carbonyl (C=O) groups is 2. The van der Waals surface area contributed by atoms with Crippen LogP contribution in [0.5, 0.6) is 0 Å². The highest BCUT2D eigenvalue weighted by Crippen LogP contribution is 2.32. The fraction of sp³-hybridized carbons (Fsp3) is 0.231. The third kappa shape index (κ3) is 10.9. The normalized spacial score (nSPS) is 12.7. The van der Waals surface area contributed by atoms with E-state index in [-0.39, 0.29) is 5.91 Å². The summed E-state index contributed by atoms with van der Waals surface area (Å²) in [6, 6.07) is 25.1. The molecule has 4 aromatic carbocycles.